The third-order valence-electron chi connectivity index (χ3n) is 4.49. The number of likely N-dealkylation sites (tertiary alicyclic amines) is 1. The van der Waals surface area contributed by atoms with Gasteiger partial charge in [-0.15, -0.1) is 0 Å². The summed E-state index contributed by atoms with van der Waals surface area (Å²) >= 11 is 0. The molecule has 1 aliphatic rings. The van der Waals surface area contributed by atoms with E-state index in [4.69, 9.17) is 4.74 Å². The number of hydrogen-bond donors (Lipinski definition) is 2. The van der Waals surface area contributed by atoms with Gasteiger partial charge in [-0.25, -0.2) is 0 Å². The zero-order chi connectivity index (χ0) is 15.9. The summed E-state index contributed by atoms with van der Waals surface area (Å²) in [6.07, 6.45) is 2.07. The molecule has 0 aromatic heterocycles. The normalized spacial score (nSPS) is 20.3. The molecule has 1 saturated heterocycles. The molecule has 0 saturated carbocycles. The van der Waals surface area contributed by atoms with E-state index in [0.717, 1.165) is 30.0 Å². The molecule has 2 rings (SSSR count). The van der Waals surface area contributed by atoms with E-state index in [1.54, 1.807) is 0 Å². The Balaban J connectivity index is 1.69. The summed E-state index contributed by atoms with van der Waals surface area (Å²) in [6, 6.07) is 6.71. The number of ether oxygens (including phenoxy) is 1. The summed E-state index contributed by atoms with van der Waals surface area (Å²) in [5, 5.41) is 13.5. The second kappa shape index (κ2) is 8.51. The lowest BCUT2D eigenvalue weighted by molar-refractivity contribution is 0.103. The van der Waals surface area contributed by atoms with Crippen molar-refractivity contribution in [2.75, 3.05) is 32.8 Å². The number of rotatable bonds is 8. The summed E-state index contributed by atoms with van der Waals surface area (Å²) in [5.74, 6) is 0.898. The first-order valence-electron chi connectivity index (χ1n) is 8.43. The number of hydrogen-bond acceptors (Lipinski definition) is 4. The maximum Gasteiger partial charge on any atom is 0.125 e. The summed E-state index contributed by atoms with van der Waals surface area (Å²) in [6.45, 7) is 10.5. The van der Waals surface area contributed by atoms with E-state index >= 15 is 0 Å². The molecular weight excluding hydrogens is 276 g/mol. The van der Waals surface area contributed by atoms with Crippen molar-refractivity contribution < 1.29 is 9.84 Å². The average molecular weight is 306 g/mol. The predicted octanol–water partition coefficient (Wildman–Crippen LogP) is 2.12. The molecule has 22 heavy (non-hydrogen) atoms. The fourth-order valence-electron chi connectivity index (χ4n) is 3.22. The third kappa shape index (κ3) is 4.70. The van der Waals surface area contributed by atoms with Crippen molar-refractivity contribution in [3.63, 3.8) is 0 Å². The monoisotopic (exact) mass is 306 g/mol. The zero-order valence-corrected chi connectivity index (χ0v) is 14.1. The maximum absolute atomic E-state index is 10.1. The number of benzene rings is 1. The van der Waals surface area contributed by atoms with Crippen LogP contribution in [0.4, 0.5) is 0 Å². The van der Waals surface area contributed by atoms with Gasteiger partial charge in [-0.2, -0.15) is 0 Å². The second-order valence-electron chi connectivity index (χ2n) is 6.27. The maximum atomic E-state index is 10.1. The number of nitrogens with zero attached hydrogens (tertiary/aromatic N) is 1. The van der Waals surface area contributed by atoms with Gasteiger partial charge in [0.1, 0.15) is 18.5 Å². The van der Waals surface area contributed by atoms with Crippen molar-refractivity contribution in [2.45, 2.75) is 45.8 Å². The van der Waals surface area contributed by atoms with Crippen molar-refractivity contribution in [1.82, 2.24) is 10.2 Å². The first-order valence-corrected chi connectivity index (χ1v) is 8.43. The molecule has 0 radical (unpaired) electrons. The van der Waals surface area contributed by atoms with Crippen LogP contribution in [0.25, 0.3) is 0 Å². The Morgan fingerprint density at radius 2 is 2.09 bits per heavy atom. The molecule has 4 nitrogen and oxygen atoms in total. The van der Waals surface area contributed by atoms with Crippen molar-refractivity contribution in [3.05, 3.63) is 29.3 Å². The van der Waals surface area contributed by atoms with Crippen LogP contribution >= 0.6 is 0 Å². The Hall–Kier alpha value is -1.10. The van der Waals surface area contributed by atoms with Crippen LogP contribution in [-0.2, 0) is 0 Å². The molecule has 1 heterocycles. The number of aliphatic hydroxyl groups is 1. The van der Waals surface area contributed by atoms with Crippen molar-refractivity contribution in [2.24, 2.45) is 0 Å². The van der Waals surface area contributed by atoms with E-state index in [9.17, 15) is 5.11 Å². The Labute approximate surface area is 134 Å². The topological polar surface area (TPSA) is 44.7 Å². The van der Waals surface area contributed by atoms with E-state index in [1.165, 1.54) is 19.4 Å². The largest absolute Gasteiger partial charge is 0.490 e. The summed E-state index contributed by atoms with van der Waals surface area (Å²) < 4.78 is 5.79. The lowest BCUT2D eigenvalue weighted by Gasteiger charge is -2.23. The zero-order valence-electron chi connectivity index (χ0n) is 14.1. The molecule has 0 unspecified atom stereocenters. The van der Waals surface area contributed by atoms with Crippen LogP contribution in [0, 0.1) is 13.8 Å². The van der Waals surface area contributed by atoms with E-state index < -0.39 is 6.10 Å². The van der Waals surface area contributed by atoms with Crippen LogP contribution in [0.15, 0.2) is 18.2 Å². The molecule has 1 aromatic carbocycles. The minimum atomic E-state index is -0.476. The molecule has 0 aliphatic carbocycles. The first kappa shape index (κ1) is 17.3. The van der Waals surface area contributed by atoms with Gasteiger partial charge in [0.2, 0.25) is 0 Å². The summed E-state index contributed by atoms with van der Waals surface area (Å²) in [4.78, 5) is 2.51. The van der Waals surface area contributed by atoms with Crippen LogP contribution in [0.2, 0.25) is 0 Å². The molecule has 124 valence electrons. The van der Waals surface area contributed by atoms with Gasteiger partial charge in [-0.1, -0.05) is 25.1 Å². The average Bonchev–Trinajstić information content (AvgIpc) is 2.94. The fourth-order valence-corrected chi connectivity index (χ4v) is 3.22. The van der Waals surface area contributed by atoms with Crippen LogP contribution in [-0.4, -0.2) is 54.9 Å². The fraction of sp³-hybridized carbons (Fsp3) is 0.667. The molecule has 1 fully saturated rings. The van der Waals surface area contributed by atoms with Crippen LogP contribution in [0.3, 0.4) is 0 Å². The number of para-hydroxylation sites is 1. The highest BCUT2D eigenvalue weighted by Crippen LogP contribution is 2.22. The first-order chi connectivity index (χ1) is 10.6. The molecule has 1 aliphatic heterocycles. The molecular formula is C18H30N2O2. The van der Waals surface area contributed by atoms with Gasteiger partial charge >= 0.3 is 0 Å². The van der Waals surface area contributed by atoms with Crippen molar-refractivity contribution in [3.8, 4) is 5.75 Å². The summed E-state index contributed by atoms with van der Waals surface area (Å²) in [7, 11) is 0. The van der Waals surface area contributed by atoms with Crippen molar-refractivity contribution in [1.29, 1.82) is 0 Å². The van der Waals surface area contributed by atoms with Crippen molar-refractivity contribution >= 4 is 0 Å². The molecule has 1 aromatic rings. The minimum absolute atomic E-state index is 0.334. The van der Waals surface area contributed by atoms with Gasteiger partial charge in [0, 0.05) is 19.1 Å². The lowest BCUT2D eigenvalue weighted by atomic mass is 10.1. The highest BCUT2D eigenvalue weighted by atomic mass is 16.5. The van der Waals surface area contributed by atoms with Gasteiger partial charge in [0.25, 0.3) is 0 Å². The lowest BCUT2D eigenvalue weighted by Crippen LogP contribution is -2.41. The molecule has 2 atom stereocenters. The Morgan fingerprint density at radius 1 is 1.36 bits per heavy atom. The quantitative estimate of drug-likeness (QED) is 0.772. The van der Waals surface area contributed by atoms with Gasteiger partial charge in [0.05, 0.1) is 0 Å². The number of nitrogens with one attached hydrogen (secondary N) is 1. The Kier molecular flexibility index (Phi) is 6.68. The minimum Gasteiger partial charge on any atom is -0.490 e. The van der Waals surface area contributed by atoms with Gasteiger partial charge in [-0.3, -0.25) is 4.90 Å². The molecule has 0 amide bonds. The Bertz CT molecular complexity index is 444. The highest BCUT2D eigenvalue weighted by molar-refractivity contribution is 5.39. The van der Waals surface area contributed by atoms with Gasteiger partial charge < -0.3 is 15.2 Å². The van der Waals surface area contributed by atoms with Gasteiger partial charge in [0.15, 0.2) is 0 Å². The van der Waals surface area contributed by atoms with Gasteiger partial charge in [-0.05, 0) is 50.9 Å². The number of aliphatic hydroxyl groups excluding tert-OH is 1. The predicted molar refractivity (Wildman–Crippen MR) is 90.6 cm³/mol. The molecule has 0 bridgehead atoms. The molecule has 0 spiro atoms. The summed E-state index contributed by atoms with van der Waals surface area (Å²) in [5.41, 5.74) is 2.23. The van der Waals surface area contributed by atoms with Crippen LogP contribution in [0.1, 0.15) is 30.9 Å². The van der Waals surface area contributed by atoms with Crippen LogP contribution in [0.5, 0.6) is 5.75 Å². The molecule has 4 heteroatoms. The standard InChI is InChI=1S/C18H30N2O2/c1-4-20-10-6-9-16(20)11-19-12-17(21)13-22-18-14(2)7-5-8-15(18)3/h5,7-8,16-17,19,21H,4,6,9-13H2,1-3H3/t16-,17-/m0/s1. The number of likely N-dealkylation sites (N-methyl/N-ethyl adjacent to an activating group) is 1. The highest BCUT2D eigenvalue weighted by Gasteiger charge is 2.22. The smallest absolute Gasteiger partial charge is 0.125 e. The number of aryl methyl sites for hydroxylation is 2. The van der Waals surface area contributed by atoms with E-state index in [2.05, 4.69) is 17.1 Å². The van der Waals surface area contributed by atoms with E-state index in [0.29, 0.717) is 19.2 Å². The SMILES string of the molecule is CCN1CCC[C@H]1CNC[C@H](O)COc1c(C)cccc1C. The Morgan fingerprint density at radius 3 is 2.77 bits per heavy atom. The van der Waals surface area contributed by atoms with Crippen LogP contribution < -0.4 is 10.1 Å². The third-order valence-corrected chi connectivity index (χ3v) is 4.49. The molecule has 2 N–H and O–H groups in total. The second-order valence-corrected chi connectivity index (χ2v) is 6.27. The van der Waals surface area contributed by atoms with E-state index in [1.807, 2.05) is 32.0 Å². The van der Waals surface area contributed by atoms with E-state index in [-0.39, 0.29) is 0 Å².